The summed E-state index contributed by atoms with van der Waals surface area (Å²) < 4.78 is 39.8. The fourth-order valence-corrected chi connectivity index (χ4v) is 2.74. The third-order valence-corrected chi connectivity index (χ3v) is 4.08. The lowest BCUT2D eigenvalue weighted by Crippen LogP contribution is -1.92. The van der Waals surface area contributed by atoms with Crippen molar-refractivity contribution in [1.29, 1.82) is 0 Å². The highest BCUT2D eigenvalue weighted by molar-refractivity contribution is 5.64. The van der Waals surface area contributed by atoms with E-state index in [0.717, 1.165) is 36.1 Å². The van der Waals surface area contributed by atoms with E-state index in [9.17, 15) is 13.2 Å². The summed E-state index contributed by atoms with van der Waals surface area (Å²) >= 11 is 0. The lowest BCUT2D eigenvalue weighted by atomic mass is 10.0. The molecule has 0 N–H and O–H groups in total. The maximum absolute atomic E-state index is 13.4. The van der Waals surface area contributed by atoms with Crippen LogP contribution in [0.15, 0.2) is 60.7 Å². The molecule has 0 bridgehead atoms. The van der Waals surface area contributed by atoms with Crippen molar-refractivity contribution in [3.8, 4) is 23.0 Å². The second kappa shape index (κ2) is 7.93. The number of aryl methyl sites for hydroxylation is 1. The van der Waals surface area contributed by atoms with Gasteiger partial charge in [0.15, 0.2) is 17.5 Å². The molecule has 3 rings (SSSR count). The highest BCUT2D eigenvalue weighted by Gasteiger charge is 2.11. The van der Waals surface area contributed by atoms with Crippen molar-refractivity contribution in [3.63, 3.8) is 0 Å². The number of halogens is 3. The Bertz CT molecular complexity index is 953. The van der Waals surface area contributed by atoms with Gasteiger partial charge in [0.05, 0.1) is 0 Å². The first-order valence-electron chi connectivity index (χ1n) is 8.43. The van der Waals surface area contributed by atoms with Crippen LogP contribution in [0.5, 0.6) is 0 Å². The van der Waals surface area contributed by atoms with Crippen molar-refractivity contribution in [2.45, 2.75) is 19.8 Å². The van der Waals surface area contributed by atoms with Crippen LogP contribution in [0.2, 0.25) is 0 Å². The quantitative estimate of drug-likeness (QED) is 0.394. The van der Waals surface area contributed by atoms with E-state index in [0.29, 0.717) is 5.56 Å². The van der Waals surface area contributed by atoms with Crippen molar-refractivity contribution in [3.05, 3.63) is 94.8 Å². The molecule has 26 heavy (non-hydrogen) atoms. The Labute approximate surface area is 151 Å². The average molecular weight is 350 g/mol. The van der Waals surface area contributed by atoms with E-state index in [1.165, 1.54) is 5.56 Å². The van der Waals surface area contributed by atoms with Crippen molar-refractivity contribution >= 4 is 0 Å². The van der Waals surface area contributed by atoms with Crippen LogP contribution in [0, 0.1) is 29.3 Å². The second-order valence-electron chi connectivity index (χ2n) is 5.99. The molecule has 0 nitrogen and oxygen atoms in total. The summed E-state index contributed by atoms with van der Waals surface area (Å²) in [5, 5.41) is 0. The van der Waals surface area contributed by atoms with E-state index in [2.05, 4.69) is 24.8 Å². The third kappa shape index (κ3) is 3.97. The Morgan fingerprint density at radius 2 is 1.42 bits per heavy atom. The molecule has 0 amide bonds. The van der Waals surface area contributed by atoms with Crippen molar-refractivity contribution in [2.75, 3.05) is 0 Å². The van der Waals surface area contributed by atoms with Gasteiger partial charge in [-0.05, 0) is 53.4 Å². The van der Waals surface area contributed by atoms with Crippen LogP contribution in [0.1, 0.15) is 30.0 Å². The van der Waals surface area contributed by atoms with Crippen molar-refractivity contribution in [1.82, 2.24) is 0 Å². The Balaban J connectivity index is 1.86. The van der Waals surface area contributed by atoms with Crippen LogP contribution in [0.25, 0.3) is 11.1 Å². The largest absolute Gasteiger partial charge is 0.204 e. The summed E-state index contributed by atoms with van der Waals surface area (Å²) in [6, 6.07) is 17.0. The highest BCUT2D eigenvalue weighted by atomic mass is 19.2. The number of rotatable bonds is 3. The van der Waals surface area contributed by atoms with Crippen LogP contribution in [0.3, 0.4) is 0 Å². The molecule has 3 aromatic carbocycles. The molecule has 0 saturated heterocycles. The van der Waals surface area contributed by atoms with Gasteiger partial charge in [-0.25, -0.2) is 13.2 Å². The molecule has 3 heteroatoms. The molecule has 0 heterocycles. The molecular weight excluding hydrogens is 333 g/mol. The Morgan fingerprint density at radius 1 is 0.769 bits per heavy atom. The van der Waals surface area contributed by atoms with Crippen LogP contribution < -0.4 is 0 Å². The molecule has 0 aromatic heterocycles. The molecule has 0 saturated carbocycles. The molecule has 0 aliphatic heterocycles. The topological polar surface area (TPSA) is 0 Å². The van der Waals surface area contributed by atoms with Gasteiger partial charge in [0.25, 0.3) is 0 Å². The van der Waals surface area contributed by atoms with E-state index in [1.807, 2.05) is 18.2 Å². The number of benzene rings is 3. The summed E-state index contributed by atoms with van der Waals surface area (Å²) in [5.74, 6) is 2.44. The first kappa shape index (κ1) is 17.8. The SMILES string of the molecule is CCCc1ccccc1C#Cc1ccc(-c2cc(F)c(F)c(F)c2)cc1. The van der Waals surface area contributed by atoms with Crippen LogP contribution in [0.4, 0.5) is 13.2 Å². The van der Waals surface area contributed by atoms with Crippen LogP contribution in [-0.2, 0) is 6.42 Å². The summed E-state index contributed by atoms with van der Waals surface area (Å²) in [4.78, 5) is 0. The first-order chi connectivity index (χ1) is 12.6. The molecule has 3 aromatic rings. The van der Waals surface area contributed by atoms with E-state index < -0.39 is 17.5 Å². The zero-order valence-corrected chi connectivity index (χ0v) is 14.3. The van der Waals surface area contributed by atoms with Crippen LogP contribution in [-0.4, -0.2) is 0 Å². The van der Waals surface area contributed by atoms with Gasteiger partial charge >= 0.3 is 0 Å². The smallest absolute Gasteiger partial charge is 0.194 e. The lowest BCUT2D eigenvalue weighted by Gasteiger charge is -2.04. The minimum Gasteiger partial charge on any atom is -0.204 e. The highest BCUT2D eigenvalue weighted by Crippen LogP contribution is 2.24. The second-order valence-corrected chi connectivity index (χ2v) is 5.99. The summed E-state index contributed by atoms with van der Waals surface area (Å²) in [5.41, 5.74) is 3.90. The van der Waals surface area contributed by atoms with Gasteiger partial charge < -0.3 is 0 Å². The van der Waals surface area contributed by atoms with Crippen molar-refractivity contribution in [2.24, 2.45) is 0 Å². The summed E-state index contributed by atoms with van der Waals surface area (Å²) in [6.07, 6.45) is 2.03. The fourth-order valence-electron chi connectivity index (χ4n) is 2.74. The van der Waals surface area contributed by atoms with E-state index in [4.69, 9.17) is 0 Å². The van der Waals surface area contributed by atoms with Gasteiger partial charge in [0.2, 0.25) is 0 Å². The van der Waals surface area contributed by atoms with Gasteiger partial charge in [-0.1, -0.05) is 55.5 Å². The predicted molar refractivity (Wildman–Crippen MR) is 98.2 cm³/mol. The van der Waals surface area contributed by atoms with Crippen molar-refractivity contribution < 1.29 is 13.2 Å². The Hall–Kier alpha value is -2.99. The fraction of sp³-hybridized carbons (Fsp3) is 0.130. The first-order valence-corrected chi connectivity index (χ1v) is 8.43. The maximum atomic E-state index is 13.4. The third-order valence-electron chi connectivity index (χ3n) is 4.08. The Morgan fingerprint density at radius 3 is 2.08 bits per heavy atom. The Kier molecular flexibility index (Phi) is 5.43. The molecule has 0 aliphatic carbocycles. The molecule has 0 aliphatic rings. The summed E-state index contributed by atoms with van der Waals surface area (Å²) in [7, 11) is 0. The standard InChI is InChI=1S/C23H17F3/c1-2-5-17-6-3-4-7-18(17)11-8-16-9-12-19(13-10-16)20-14-21(24)23(26)22(25)15-20/h3-4,6-7,9-10,12-15H,2,5H2,1H3. The molecular formula is C23H17F3. The monoisotopic (exact) mass is 350 g/mol. The van der Waals surface area contributed by atoms with Gasteiger partial charge in [-0.15, -0.1) is 0 Å². The van der Waals surface area contributed by atoms with E-state index >= 15 is 0 Å². The number of hydrogen-bond donors (Lipinski definition) is 0. The zero-order chi connectivity index (χ0) is 18.5. The summed E-state index contributed by atoms with van der Waals surface area (Å²) in [6.45, 7) is 2.13. The maximum Gasteiger partial charge on any atom is 0.194 e. The van der Waals surface area contributed by atoms with Gasteiger partial charge in [-0.2, -0.15) is 0 Å². The van der Waals surface area contributed by atoms with Gasteiger partial charge in [0.1, 0.15) is 0 Å². The molecule has 0 spiro atoms. The molecule has 0 unspecified atom stereocenters. The molecule has 0 radical (unpaired) electrons. The van der Waals surface area contributed by atoms with E-state index in [1.54, 1.807) is 24.3 Å². The molecule has 0 atom stereocenters. The van der Waals surface area contributed by atoms with Gasteiger partial charge in [0, 0.05) is 11.1 Å². The molecule has 0 fully saturated rings. The normalized spacial score (nSPS) is 10.3. The van der Waals surface area contributed by atoms with Crippen LogP contribution >= 0.6 is 0 Å². The van der Waals surface area contributed by atoms with E-state index in [-0.39, 0.29) is 5.56 Å². The van der Waals surface area contributed by atoms with Gasteiger partial charge in [-0.3, -0.25) is 0 Å². The lowest BCUT2D eigenvalue weighted by molar-refractivity contribution is 0.448. The minimum absolute atomic E-state index is 0.286. The molecule has 130 valence electrons. The zero-order valence-electron chi connectivity index (χ0n) is 14.3. The average Bonchev–Trinajstić information content (AvgIpc) is 2.66. The number of hydrogen-bond acceptors (Lipinski definition) is 0. The predicted octanol–water partition coefficient (Wildman–Crippen LogP) is 6.12. The minimum atomic E-state index is -1.46.